The first-order valence-electron chi connectivity index (χ1n) is 11.7. The number of aryl methyl sites for hydroxylation is 1. The molecule has 1 saturated heterocycles. The quantitative estimate of drug-likeness (QED) is 0.414. The van der Waals surface area contributed by atoms with E-state index >= 15 is 0 Å². The van der Waals surface area contributed by atoms with E-state index in [1.54, 1.807) is 0 Å². The molecular formula is C28H31N5. The number of aromatic nitrogens is 3. The maximum atomic E-state index is 4.60. The van der Waals surface area contributed by atoms with Gasteiger partial charge < -0.3 is 10.6 Å². The fraction of sp³-hybridized carbons (Fsp3) is 0.286. The lowest BCUT2D eigenvalue weighted by Gasteiger charge is -2.22. The Balaban J connectivity index is 1.30. The van der Waals surface area contributed by atoms with Gasteiger partial charge in [-0.25, -0.2) is 4.98 Å². The van der Waals surface area contributed by atoms with E-state index < -0.39 is 0 Å². The molecule has 1 aliphatic rings. The second kappa shape index (κ2) is 9.20. The van der Waals surface area contributed by atoms with Gasteiger partial charge in [0, 0.05) is 35.6 Å². The summed E-state index contributed by atoms with van der Waals surface area (Å²) in [6, 6.07) is 17.3. The number of pyridine rings is 1. The number of anilines is 1. The summed E-state index contributed by atoms with van der Waals surface area (Å²) in [5.74, 6) is 1.59. The van der Waals surface area contributed by atoms with Crippen molar-refractivity contribution in [3.8, 4) is 11.1 Å². The summed E-state index contributed by atoms with van der Waals surface area (Å²) in [7, 11) is 1.97. The summed E-state index contributed by atoms with van der Waals surface area (Å²) in [4.78, 5) is 4.60. The first-order valence-corrected chi connectivity index (χ1v) is 11.7. The molecule has 0 radical (unpaired) electrons. The van der Waals surface area contributed by atoms with E-state index in [0.29, 0.717) is 0 Å². The molecule has 5 rings (SSSR count). The van der Waals surface area contributed by atoms with Crippen molar-refractivity contribution in [3.63, 3.8) is 0 Å². The zero-order chi connectivity index (χ0) is 22.8. The zero-order valence-electron chi connectivity index (χ0n) is 19.4. The van der Waals surface area contributed by atoms with Gasteiger partial charge in [-0.3, -0.25) is 4.68 Å². The van der Waals surface area contributed by atoms with Crippen LogP contribution in [-0.4, -0.2) is 27.9 Å². The zero-order valence-corrected chi connectivity index (χ0v) is 19.4. The summed E-state index contributed by atoms with van der Waals surface area (Å²) in [6.07, 6.45) is 7.53. The highest BCUT2D eigenvalue weighted by Gasteiger charge is 2.13. The molecule has 2 aromatic carbocycles. The van der Waals surface area contributed by atoms with Crippen LogP contribution in [0.2, 0.25) is 0 Å². The molecular weight excluding hydrogens is 406 g/mol. The molecule has 0 atom stereocenters. The molecule has 0 unspecified atom stereocenters. The molecule has 5 nitrogen and oxygen atoms in total. The maximum absolute atomic E-state index is 4.60. The molecule has 0 aliphatic carbocycles. The van der Waals surface area contributed by atoms with Crippen molar-refractivity contribution < 1.29 is 0 Å². The van der Waals surface area contributed by atoms with Crippen molar-refractivity contribution in [2.45, 2.75) is 26.2 Å². The molecule has 3 heterocycles. The molecule has 5 heteroatoms. The Bertz CT molecular complexity index is 1280. The lowest BCUT2D eigenvalue weighted by Crippen LogP contribution is -2.28. The fourth-order valence-electron chi connectivity index (χ4n) is 4.65. The summed E-state index contributed by atoms with van der Waals surface area (Å²) < 4.78 is 1.90. The number of rotatable bonds is 6. The molecule has 33 heavy (non-hydrogen) atoms. The van der Waals surface area contributed by atoms with Crippen LogP contribution in [0.4, 0.5) is 5.82 Å². The number of hydrogen-bond donors (Lipinski definition) is 2. The summed E-state index contributed by atoms with van der Waals surface area (Å²) >= 11 is 0. The minimum atomic E-state index is 0.792. The van der Waals surface area contributed by atoms with E-state index in [0.717, 1.165) is 70.1 Å². The molecule has 0 amide bonds. The number of fused-ring (bicyclic) bond motifs is 1. The lowest BCUT2D eigenvalue weighted by molar-refractivity contribution is 0.372. The minimum Gasteiger partial charge on any atom is -0.340 e. The first-order chi connectivity index (χ1) is 16.1. The third-order valence-corrected chi connectivity index (χ3v) is 6.83. The van der Waals surface area contributed by atoms with Crippen LogP contribution >= 0.6 is 0 Å². The number of nitrogens with zero attached hydrogens (tertiary/aromatic N) is 3. The van der Waals surface area contributed by atoms with Crippen molar-refractivity contribution >= 4 is 22.3 Å². The Hall–Kier alpha value is -3.44. The maximum Gasteiger partial charge on any atom is 0.130 e. The highest BCUT2D eigenvalue weighted by atomic mass is 15.3. The number of piperidine rings is 1. The highest BCUT2D eigenvalue weighted by molar-refractivity contribution is 5.89. The highest BCUT2D eigenvalue weighted by Crippen LogP contribution is 2.28. The standard InChI is InChI=1S/C28H31N5/c1-19(23-6-4-21(5-7-23)14-22-10-12-29-13-11-22)32-28-16-26-15-24(8-9-25(26)17-30-28)27-18-31-33(3)20(27)2/h4-9,15-18,22,29H,1,10-14H2,2-3H3,(H,30,32). The number of nitrogens with one attached hydrogen (secondary N) is 2. The molecule has 4 aromatic rings. The van der Waals surface area contributed by atoms with E-state index in [4.69, 9.17) is 0 Å². The van der Waals surface area contributed by atoms with Crippen LogP contribution in [-0.2, 0) is 13.5 Å². The predicted molar refractivity (Wildman–Crippen MR) is 137 cm³/mol. The monoisotopic (exact) mass is 437 g/mol. The van der Waals surface area contributed by atoms with Crippen LogP contribution in [0.25, 0.3) is 27.6 Å². The number of hydrogen-bond acceptors (Lipinski definition) is 4. The van der Waals surface area contributed by atoms with Gasteiger partial charge in [0.1, 0.15) is 5.82 Å². The predicted octanol–water partition coefficient (Wildman–Crippen LogP) is 5.57. The SMILES string of the molecule is C=C(Nc1cc2cc(-c3cnn(C)c3C)ccc2cn1)c1ccc(CC2CCNCC2)cc1. The van der Waals surface area contributed by atoms with Gasteiger partial charge in [0.2, 0.25) is 0 Å². The molecule has 1 fully saturated rings. The Morgan fingerprint density at radius 1 is 1.06 bits per heavy atom. The van der Waals surface area contributed by atoms with Crippen LogP contribution in [0, 0.1) is 12.8 Å². The van der Waals surface area contributed by atoms with Gasteiger partial charge in [-0.05, 0) is 79.4 Å². The Morgan fingerprint density at radius 2 is 1.85 bits per heavy atom. The second-order valence-electron chi connectivity index (χ2n) is 9.10. The molecule has 0 spiro atoms. The average molecular weight is 438 g/mol. The van der Waals surface area contributed by atoms with Gasteiger partial charge in [0.05, 0.1) is 6.20 Å². The van der Waals surface area contributed by atoms with E-state index in [1.807, 2.05) is 24.1 Å². The van der Waals surface area contributed by atoms with Gasteiger partial charge in [-0.15, -0.1) is 0 Å². The normalized spacial score (nSPS) is 14.5. The van der Waals surface area contributed by atoms with Crippen LogP contribution in [0.15, 0.2) is 67.5 Å². The lowest BCUT2D eigenvalue weighted by atomic mass is 9.90. The van der Waals surface area contributed by atoms with Crippen molar-refractivity contribution in [3.05, 3.63) is 84.3 Å². The second-order valence-corrected chi connectivity index (χ2v) is 9.10. The van der Waals surface area contributed by atoms with E-state index in [-0.39, 0.29) is 0 Å². The Morgan fingerprint density at radius 3 is 2.58 bits per heavy atom. The van der Waals surface area contributed by atoms with Gasteiger partial charge in [-0.1, -0.05) is 43.0 Å². The van der Waals surface area contributed by atoms with E-state index in [1.165, 1.54) is 18.4 Å². The molecule has 2 N–H and O–H groups in total. The minimum absolute atomic E-state index is 0.792. The molecule has 168 valence electrons. The van der Waals surface area contributed by atoms with Crippen LogP contribution in [0.5, 0.6) is 0 Å². The van der Waals surface area contributed by atoms with Crippen LogP contribution in [0.3, 0.4) is 0 Å². The average Bonchev–Trinajstić information content (AvgIpc) is 3.18. The Labute approximate surface area is 195 Å². The van der Waals surface area contributed by atoms with Gasteiger partial charge in [-0.2, -0.15) is 5.10 Å². The van der Waals surface area contributed by atoms with Gasteiger partial charge in [0.25, 0.3) is 0 Å². The van der Waals surface area contributed by atoms with Crippen molar-refractivity contribution in [2.24, 2.45) is 13.0 Å². The van der Waals surface area contributed by atoms with Crippen molar-refractivity contribution in [2.75, 3.05) is 18.4 Å². The smallest absolute Gasteiger partial charge is 0.130 e. The Kier molecular flexibility index (Phi) is 5.97. The topological polar surface area (TPSA) is 54.8 Å². The summed E-state index contributed by atoms with van der Waals surface area (Å²) in [5, 5.41) is 13.5. The van der Waals surface area contributed by atoms with E-state index in [2.05, 4.69) is 82.7 Å². The molecule has 2 aromatic heterocycles. The van der Waals surface area contributed by atoms with Gasteiger partial charge >= 0.3 is 0 Å². The third-order valence-electron chi connectivity index (χ3n) is 6.83. The molecule has 0 saturated carbocycles. The first kappa shape index (κ1) is 21.4. The van der Waals surface area contributed by atoms with Crippen molar-refractivity contribution in [1.29, 1.82) is 0 Å². The summed E-state index contributed by atoms with van der Waals surface area (Å²) in [5.41, 5.74) is 6.81. The largest absolute Gasteiger partial charge is 0.340 e. The van der Waals surface area contributed by atoms with Crippen LogP contribution in [0.1, 0.15) is 29.7 Å². The third kappa shape index (κ3) is 4.69. The number of benzene rings is 2. The van der Waals surface area contributed by atoms with Crippen LogP contribution < -0.4 is 10.6 Å². The molecule has 1 aliphatic heterocycles. The summed E-state index contributed by atoms with van der Waals surface area (Å²) in [6.45, 7) is 8.63. The fourth-order valence-corrected chi connectivity index (χ4v) is 4.65. The van der Waals surface area contributed by atoms with Crippen molar-refractivity contribution in [1.82, 2.24) is 20.1 Å². The van der Waals surface area contributed by atoms with E-state index in [9.17, 15) is 0 Å². The molecule has 0 bridgehead atoms. The van der Waals surface area contributed by atoms with Gasteiger partial charge in [0.15, 0.2) is 0 Å².